The minimum atomic E-state index is -0.216. The van der Waals surface area contributed by atoms with Crippen molar-refractivity contribution in [1.29, 1.82) is 0 Å². The lowest BCUT2D eigenvalue weighted by Crippen LogP contribution is -2.32. The third-order valence-electron chi connectivity index (χ3n) is 1.85. The lowest BCUT2D eigenvalue weighted by atomic mass is 10.2. The molecule has 0 aliphatic heterocycles. The predicted octanol–water partition coefficient (Wildman–Crippen LogP) is 2.43. The summed E-state index contributed by atoms with van der Waals surface area (Å²) in [6, 6.07) is 5.01. The quantitative estimate of drug-likeness (QED) is 0.631. The number of pyridine rings is 1. The molecule has 1 N–H and O–H groups in total. The molecular formula is C11H13ClN2O. The van der Waals surface area contributed by atoms with Crippen LogP contribution in [0.4, 0.5) is 0 Å². The van der Waals surface area contributed by atoms with Crippen LogP contribution >= 0.6 is 11.6 Å². The Hall–Kier alpha value is -1.35. The topological polar surface area (TPSA) is 42.0 Å². The molecule has 15 heavy (non-hydrogen) atoms. The van der Waals surface area contributed by atoms with E-state index in [1.807, 2.05) is 6.92 Å². The third kappa shape index (κ3) is 3.72. The summed E-state index contributed by atoms with van der Waals surface area (Å²) in [6.45, 7) is 5.51. The molecule has 1 heterocycles. The second-order valence-corrected chi connectivity index (χ2v) is 3.63. The van der Waals surface area contributed by atoms with Crippen molar-refractivity contribution in [1.82, 2.24) is 10.3 Å². The number of hydrogen-bond acceptors (Lipinski definition) is 2. The first-order valence-corrected chi connectivity index (χ1v) is 5.05. The Morgan fingerprint density at radius 1 is 1.73 bits per heavy atom. The normalized spacial score (nSPS) is 11.9. The first-order chi connectivity index (χ1) is 7.13. The van der Waals surface area contributed by atoms with Gasteiger partial charge in [0.1, 0.15) is 10.8 Å². The Bertz CT molecular complexity index is 365. The van der Waals surface area contributed by atoms with Crippen molar-refractivity contribution in [2.45, 2.75) is 19.4 Å². The first-order valence-electron chi connectivity index (χ1n) is 4.68. The summed E-state index contributed by atoms with van der Waals surface area (Å²) in [7, 11) is 0. The molecule has 1 aromatic rings. The minimum absolute atomic E-state index is 0.0516. The fourth-order valence-corrected chi connectivity index (χ4v) is 1.31. The van der Waals surface area contributed by atoms with Crippen LogP contribution in [0, 0.1) is 0 Å². The zero-order valence-electron chi connectivity index (χ0n) is 8.53. The van der Waals surface area contributed by atoms with E-state index in [2.05, 4.69) is 16.9 Å². The van der Waals surface area contributed by atoms with Crippen LogP contribution in [-0.2, 0) is 0 Å². The molecule has 0 fully saturated rings. The lowest BCUT2D eigenvalue weighted by molar-refractivity contribution is 0.0935. The van der Waals surface area contributed by atoms with Crippen molar-refractivity contribution >= 4 is 17.5 Å². The molecule has 0 saturated carbocycles. The fourth-order valence-electron chi connectivity index (χ4n) is 1.14. The van der Waals surface area contributed by atoms with Gasteiger partial charge in [0, 0.05) is 6.04 Å². The molecule has 0 aromatic carbocycles. The Kier molecular flexibility index (Phi) is 4.31. The fraction of sp³-hybridized carbons (Fsp3) is 0.273. The molecule has 1 amide bonds. The number of nitrogens with zero attached hydrogens (tertiary/aromatic N) is 1. The highest BCUT2D eigenvalue weighted by Crippen LogP contribution is 2.05. The van der Waals surface area contributed by atoms with Crippen LogP contribution in [0.15, 0.2) is 30.9 Å². The van der Waals surface area contributed by atoms with Crippen LogP contribution in [0.25, 0.3) is 0 Å². The molecule has 1 unspecified atom stereocenters. The van der Waals surface area contributed by atoms with E-state index in [1.54, 1.807) is 24.3 Å². The van der Waals surface area contributed by atoms with E-state index in [9.17, 15) is 4.79 Å². The predicted molar refractivity (Wildman–Crippen MR) is 61.0 cm³/mol. The van der Waals surface area contributed by atoms with Gasteiger partial charge in [0.05, 0.1) is 0 Å². The van der Waals surface area contributed by atoms with E-state index in [-0.39, 0.29) is 11.9 Å². The van der Waals surface area contributed by atoms with Gasteiger partial charge in [-0.05, 0) is 25.5 Å². The largest absolute Gasteiger partial charge is 0.348 e. The summed E-state index contributed by atoms with van der Waals surface area (Å²) in [5.41, 5.74) is 0.332. The Morgan fingerprint density at radius 2 is 2.47 bits per heavy atom. The monoisotopic (exact) mass is 224 g/mol. The molecule has 0 spiro atoms. The molecule has 80 valence electrons. The van der Waals surface area contributed by atoms with Gasteiger partial charge in [-0.3, -0.25) is 4.79 Å². The highest BCUT2D eigenvalue weighted by molar-refractivity contribution is 6.29. The van der Waals surface area contributed by atoms with Crippen molar-refractivity contribution in [3.8, 4) is 0 Å². The molecule has 0 aliphatic carbocycles. The van der Waals surface area contributed by atoms with Gasteiger partial charge < -0.3 is 5.32 Å². The maximum absolute atomic E-state index is 11.6. The van der Waals surface area contributed by atoms with Gasteiger partial charge in [-0.15, -0.1) is 6.58 Å². The van der Waals surface area contributed by atoms with E-state index >= 15 is 0 Å². The molecule has 0 bridgehead atoms. The average Bonchev–Trinajstić information content (AvgIpc) is 2.18. The summed E-state index contributed by atoms with van der Waals surface area (Å²) in [6.07, 6.45) is 2.49. The molecule has 1 rings (SSSR count). The zero-order valence-corrected chi connectivity index (χ0v) is 9.29. The summed E-state index contributed by atoms with van der Waals surface area (Å²) in [4.78, 5) is 15.5. The highest BCUT2D eigenvalue weighted by atomic mass is 35.5. The van der Waals surface area contributed by atoms with Crippen LogP contribution in [-0.4, -0.2) is 16.9 Å². The lowest BCUT2D eigenvalue weighted by Gasteiger charge is -2.10. The van der Waals surface area contributed by atoms with E-state index in [4.69, 9.17) is 11.6 Å². The van der Waals surface area contributed by atoms with Gasteiger partial charge >= 0.3 is 0 Å². The van der Waals surface area contributed by atoms with Crippen molar-refractivity contribution in [3.05, 3.63) is 41.7 Å². The Balaban J connectivity index is 2.65. The smallest absolute Gasteiger partial charge is 0.270 e. The van der Waals surface area contributed by atoms with Crippen LogP contribution in [0.1, 0.15) is 23.8 Å². The summed E-state index contributed by atoms with van der Waals surface area (Å²) in [5.74, 6) is -0.216. The van der Waals surface area contributed by atoms with Crippen molar-refractivity contribution < 1.29 is 4.79 Å². The van der Waals surface area contributed by atoms with Gasteiger partial charge in [0.2, 0.25) is 0 Å². The van der Waals surface area contributed by atoms with Gasteiger partial charge in [-0.25, -0.2) is 4.98 Å². The second kappa shape index (κ2) is 5.51. The highest BCUT2D eigenvalue weighted by Gasteiger charge is 2.09. The maximum atomic E-state index is 11.6. The second-order valence-electron chi connectivity index (χ2n) is 3.24. The Labute approximate surface area is 94.2 Å². The summed E-state index contributed by atoms with van der Waals surface area (Å²) < 4.78 is 0. The first kappa shape index (κ1) is 11.7. The summed E-state index contributed by atoms with van der Waals surface area (Å²) in [5, 5.41) is 3.11. The van der Waals surface area contributed by atoms with Gasteiger partial charge in [0.15, 0.2) is 0 Å². The number of aromatic nitrogens is 1. The van der Waals surface area contributed by atoms with Crippen LogP contribution in [0.3, 0.4) is 0 Å². The number of halogens is 1. The number of hydrogen-bond donors (Lipinski definition) is 1. The number of nitrogens with one attached hydrogen (secondary N) is 1. The number of carbonyl (C=O) groups is 1. The van der Waals surface area contributed by atoms with Crippen LogP contribution in [0.5, 0.6) is 0 Å². The van der Waals surface area contributed by atoms with E-state index in [0.29, 0.717) is 10.8 Å². The standard InChI is InChI=1S/C11H13ClN2O/c1-3-5-8(2)13-11(15)9-6-4-7-10(12)14-9/h3-4,6-8H,1,5H2,2H3,(H,13,15). The Morgan fingerprint density at radius 3 is 3.07 bits per heavy atom. The van der Waals surface area contributed by atoms with E-state index in [0.717, 1.165) is 6.42 Å². The molecule has 3 nitrogen and oxygen atoms in total. The average molecular weight is 225 g/mol. The molecule has 0 radical (unpaired) electrons. The zero-order chi connectivity index (χ0) is 11.3. The van der Waals surface area contributed by atoms with Gasteiger partial charge in [-0.2, -0.15) is 0 Å². The molecule has 1 aromatic heterocycles. The summed E-state index contributed by atoms with van der Waals surface area (Å²) >= 11 is 5.68. The van der Waals surface area contributed by atoms with Crippen LogP contribution in [0.2, 0.25) is 5.15 Å². The molecule has 0 aliphatic rings. The van der Waals surface area contributed by atoms with E-state index in [1.165, 1.54) is 0 Å². The van der Waals surface area contributed by atoms with Gasteiger partial charge in [0.25, 0.3) is 5.91 Å². The number of carbonyl (C=O) groups excluding carboxylic acids is 1. The minimum Gasteiger partial charge on any atom is -0.348 e. The maximum Gasteiger partial charge on any atom is 0.270 e. The number of rotatable bonds is 4. The molecular weight excluding hydrogens is 212 g/mol. The SMILES string of the molecule is C=CCC(C)NC(=O)c1cccc(Cl)n1. The van der Waals surface area contributed by atoms with Crippen molar-refractivity contribution in [3.63, 3.8) is 0 Å². The van der Waals surface area contributed by atoms with Gasteiger partial charge in [-0.1, -0.05) is 23.7 Å². The number of amides is 1. The van der Waals surface area contributed by atoms with E-state index < -0.39 is 0 Å². The molecule has 4 heteroatoms. The van der Waals surface area contributed by atoms with Crippen molar-refractivity contribution in [2.24, 2.45) is 0 Å². The van der Waals surface area contributed by atoms with Crippen LogP contribution < -0.4 is 5.32 Å². The van der Waals surface area contributed by atoms with Crippen molar-refractivity contribution in [2.75, 3.05) is 0 Å². The molecule has 1 atom stereocenters. The molecule has 0 saturated heterocycles. The third-order valence-corrected chi connectivity index (χ3v) is 2.06.